The van der Waals surface area contributed by atoms with Gasteiger partial charge in [-0.3, -0.25) is 4.79 Å². The number of carbonyl (C=O) groups excluding carboxylic acids is 1. The van der Waals surface area contributed by atoms with E-state index in [-0.39, 0.29) is 16.9 Å². The van der Waals surface area contributed by atoms with Crippen LogP contribution in [0.1, 0.15) is 31.0 Å². The molecule has 1 heterocycles. The lowest BCUT2D eigenvalue weighted by Crippen LogP contribution is -2.55. The lowest BCUT2D eigenvalue weighted by molar-refractivity contribution is -0.773. The van der Waals surface area contributed by atoms with Crippen LogP contribution >= 0.6 is 0 Å². The van der Waals surface area contributed by atoms with Gasteiger partial charge in [0.25, 0.3) is 10.2 Å². The van der Waals surface area contributed by atoms with Crippen molar-refractivity contribution < 1.29 is 29.4 Å². The summed E-state index contributed by atoms with van der Waals surface area (Å²) in [6.45, 7) is 2.15. The number of nitrogens with zero attached hydrogens (tertiary/aromatic N) is 3. The minimum Gasteiger partial charge on any atom is -0.485 e. The Balaban J connectivity index is 2.42. The van der Waals surface area contributed by atoms with Gasteiger partial charge in [-0.1, -0.05) is 0 Å². The molecule has 12 nitrogen and oxygen atoms in total. The number of fused-ring (bicyclic) bond motifs is 1. The van der Waals surface area contributed by atoms with Crippen molar-refractivity contribution in [2.45, 2.75) is 31.6 Å². The zero-order valence-electron chi connectivity index (χ0n) is 13.7. The van der Waals surface area contributed by atoms with E-state index in [4.69, 9.17) is 14.8 Å². The molecule has 0 spiro atoms. The van der Waals surface area contributed by atoms with E-state index in [1.54, 1.807) is 0 Å². The van der Waals surface area contributed by atoms with Crippen LogP contribution in [0.15, 0.2) is 18.2 Å². The topological polar surface area (TPSA) is 167 Å². The summed E-state index contributed by atoms with van der Waals surface area (Å²) in [6, 6.07) is 5.17. The van der Waals surface area contributed by atoms with Crippen molar-refractivity contribution in [3.8, 4) is 11.8 Å². The molecule has 0 saturated heterocycles. The first kappa shape index (κ1) is 18.7. The minimum atomic E-state index is -1.28. The van der Waals surface area contributed by atoms with E-state index in [9.17, 15) is 25.0 Å². The second kappa shape index (κ2) is 7.09. The Morgan fingerprint density at radius 1 is 1.38 bits per heavy atom. The van der Waals surface area contributed by atoms with Crippen LogP contribution in [0.25, 0.3) is 0 Å². The van der Waals surface area contributed by atoms with Gasteiger partial charge in [-0.15, -0.1) is 20.2 Å². The summed E-state index contributed by atoms with van der Waals surface area (Å²) in [7, 11) is 0. The van der Waals surface area contributed by atoms with Crippen LogP contribution in [0.5, 0.6) is 5.75 Å². The largest absolute Gasteiger partial charge is 0.485 e. The SMILES string of the molecule is CC1(C)Oc2ccc(C#N)cc2[C@H](NC(=O)CO[N+](=O)[O-])[C@H]1O[N+](=O)[O-]. The van der Waals surface area contributed by atoms with Crippen molar-refractivity contribution >= 4 is 5.91 Å². The predicted molar refractivity (Wildman–Crippen MR) is 81.6 cm³/mol. The van der Waals surface area contributed by atoms with Crippen molar-refractivity contribution in [2.24, 2.45) is 0 Å². The maximum absolute atomic E-state index is 12.0. The van der Waals surface area contributed by atoms with Crippen molar-refractivity contribution in [1.82, 2.24) is 5.32 Å². The number of nitriles is 1. The molecule has 0 unspecified atom stereocenters. The summed E-state index contributed by atoms with van der Waals surface area (Å²) in [5.74, 6) is -0.604. The van der Waals surface area contributed by atoms with Crippen LogP contribution in [0, 0.1) is 31.6 Å². The number of carbonyl (C=O) groups is 1. The number of hydrogen-bond acceptors (Lipinski definition) is 9. The minimum absolute atomic E-state index is 0.229. The van der Waals surface area contributed by atoms with E-state index in [1.807, 2.05) is 6.07 Å². The molecule has 12 heteroatoms. The second-order valence-corrected chi connectivity index (χ2v) is 5.86. The number of amides is 1. The van der Waals surface area contributed by atoms with Gasteiger partial charge in [0, 0.05) is 5.56 Å². The third kappa shape index (κ3) is 4.07. The van der Waals surface area contributed by atoms with Crippen LogP contribution in [0.4, 0.5) is 0 Å². The molecular formula is C14H14N4O8. The van der Waals surface area contributed by atoms with E-state index in [1.165, 1.54) is 32.0 Å². The average molecular weight is 366 g/mol. The summed E-state index contributed by atoms with van der Waals surface area (Å²) < 4.78 is 5.71. The predicted octanol–water partition coefficient (Wildman–Crippen LogP) is 0.672. The molecule has 2 rings (SSSR count). The molecule has 2 atom stereocenters. The van der Waals surface area contributed by atoms with Crippen molar-refractivity contribution in [2.75, 3.05) is 6.61 Å². The van der Waals surface area contributed by atoms with Gasteiger partial charge in [0.2, 0.25) is 5.91 Å². The van der Waals surface area contributed by atoms with Gasteiger partial charge >= 0.3 is 0 Å². The lowest BCUT2D eigenvalue weighted by atomic mass is 9.86. The maximum Gasteiger partial charge on any atom is 0.295 e. The average Bonchev–Trinajstić information content (AvgIpc) is 2.55. The first-order valence-corrected chi connectivity index (χ1v) is 7.25. The van der Waals surface area contributed by atoms with Gasteiger partial charge in [-0.05, 0) is 32.0 Å². The molecule has 1 aromatic rings. The van der Waals surface area contributed by atoms with Crippen LogP contribution in [-0.2, 0) is 14.5 Å². The third-order valence-corrected chi connectivity index (χ3v) is 3.65. The molecule has 1 aliphatic heterocycles. The van der Waals surface area contributed by atoms with Gasteiger partial charge in [0.15, 0.2) is 12.7 Å². The highest BCUT2D eigenvalue weighted by atomic mass is 17.0. The summed E-state index contributed by atoms with van der Waals surface area (Å²) in [5, 5.41) is 30.4. The standard InChI is InChI=1S/C14H14N4O8/c1-14(2)13(26-18(22)23)12(16-11(19)7-24-17(20)21)9-5-8(6-15)3-4-10(9)25-14/h3-5,12-13H,7H2,1-2H3,(H,16,19)/t12-,13+/m0/s1. The maximum atomic E-state index is 12.0. The van der Waals surface area contributed by atoms with E-state index >= 15 is 0 Å². The number of hydrogen-bond donors (Lipinski definition) is 1. The van der Waals surface area contributed by atoms with Crippen molar-refractivity contribution in [3.63, 3.8) is 0 Å². The zero-order chi connectivity index (χ0) is 19.5. The fourth-order valence-corrected chi connectivity index (χ4v) is 2.62. The quantitative estimate of drug-likeness (QED) is 0.562. The Bertz CT molecular complexity index is 788. The Labute approximate surface area is 146 Å². The summed E-state index contributed by atoms with van der Waals surface area (Å²) >= 11 is 0. The van der Waals surface area contributed by atoms with Crippen LogP contribution in [-0.4, -0.2) is 34.4 Å². The number of benzene rings is 1. The molecule has 1 N–H and O–H groups in total. The van der Waals surface area contributed by atoms with E-state index in [2.05, 4.69) is 10.2 Å². The highest BCUT2D eigenvalue weighted by Crippen LogP contribution is 2.41. The molecule has 0 bridgehead atoms. The molecule has 1 aliphatic rings. The van der Waals surface area contributed by atoms with Gasteiger partial charge in [-0.25, -0.2) is 0 Å². The van der Waals surface area contributed by atoms with Gasteiger partial charge in [0.1, 0.15) is 11.4 Å². The van der Waals surface area contributed by atoms with E-state index < -0.39 is 40.4 Å². The van der Waals surface area contributed by atoms with E-state index in [0.717, 1.165) is 0 Å². The summed E-state index contributed by atoms with van der Waals surface area (Å²) in [6.07, 6.45) is -1.28. The third-order valence-electron chi connectivity index (χ3n) is 3.65. The smallest absolute Gasteiger partial charge is 0.295 e. The van der Waals surface area contributed by atoms with E-state index in [0.29, 0.717) is 0 Å². The Morgan fingerprint density at radius 2 is 2.08 bits per heavy atom. The van der Waals surface area contributed by atoms with Crippen molar-refractivity contribution in [1.29, 1.82) is 5.26 Å². The monoisotopic (exact) mass is 366 g/mol. The Kier molecular flexibility index (Phi) is 5.11. The van der Waals surface area contributed by atoms with Gasteiger partial charge in [0.05, 0.1) is 17.7 Å². The van der Waals surface area contributed by atoms with Crippen LogP contribution < -0.4 is 10.1 Å². The first-order chi connectivity index (χ1) is 12.1. The first-order valence-electron chi connectivity index (χ1n) is 7.25. The fourth-order valence-electron chi connectivity index (χ4n) is 2.62. The zero-order valence-corrected chi connectivity index (χ0v) is 13.7. The fraction of sp³-hybridized carbons (Fsp3) is 0.429. The van der Waals surface area contributed by atoms with Gasteiger partial charge in [-0.2, -0.15) is 5.26 Å². The van der Waals surface area contributed by atoms with Crippen molar-refractivity contribution in [3.05, 3.63) is 49.6 Å². The van der Waals surface area contributed by atoms with Gasteiger partial charge < -0.3 is 19.7 Å². The summed E-state index contributed by atoms with van der Waals surface area (Å²) in [4.78, 5) is 41.8. The molecular weight excluding hydrogens is 352 g/mol. The Morgan fingerprint density at radius 3 is 2.65 bits per heavy atom. The second-order valence-electron chi connectivity index (χ2n) is 5.86. The highest BCUT2D eigenvalue weighted by Gasteiger charge is 2.47. The number of nitrogens with one attached hydrogen (secondary N) is 1. The lowest BCUT2D eigenvalue weighted by Gasteiger charge is -2.43. The summed E-state index contributed by atoms with van der Waals surface area (Å²) in [5.41, 5.74) is -0.728. The molecule has 0 fully saturated rings. The normalized spacial score (nSPS) is 19.9. The molecule has 0 aromatic heterocycles. The highest BCUT2D eigenvalue weighted by molar-refractivity contribution is 5.78. The Hall–Kier alpha value is -3.62. The van der Waals surface area contributed by atoms with Crippen LogP contribution in [0.2, 0.25) is 0 Å². The molecule has 138 valence electrons. The molecule has 0 saturated carbocycles. The molecule has 1 amide bonds. The number of rotatable bonds is 6. The number of ether oxygens (including phenoxy) is 1. The molecule has 1 aromatic carbocycles. The molecule has 0 radical (unpaired) electrons. The van der Waals surface area contributed by atoms with Crippen LogP contribution in [0.3, 0.4) is 0 Å². The molecule has 26 heavy (non-hydrogen) atoms. The molecule has 0 aliphatic carbocycles.